The van der Waals surface area contributed by atoms with Gasteiger partial charge in [-0.1, -0.05) is 24.3 Å². The quantitative estimate of drug-likeness (QED) is 0.682. The minimum Gasteiger partial charge on any atom is -1.00 e. The average Bonchev–Trinajstić information content (AvgIpc) is 2.47. The number of halogens is 1. The van der Waals surface area contributed by atoms with E-state index >= 15 is 0 Å². The molecule has 1 atom stereocenters. The van der Waals surface area contributed by atoms with Crippen LogP contribution in [0.4, 0.5) is 5.69 Å². The van der Waals surface area contributed by atoms with Gasteiger partial charge < -0.3 is 22.4 Å². The zero-order chi connectivity index (χ0) is 13.5. The molecule has 0 bridgehead atoms. The number of aliphatic hydroxyl groups excluding tert-OH is 1. The number of hydrogen-bond donors (Lipinski definition) is 1. The van der Waals surface area contributed by atoms with Crippen molar-refractivity contribution in [2.24, 2.45) is 0 Å². The molecule has 0 fully saturated rings. The standard InChI is InChI=1S/C16H21N2O.ClH/c1-2-18(15-9-5-3-6-10-15)14-16(19)13-17-11-7-4-8-12-17;/h3-12,16,19H,2,13-14H2,1H3;1H/q+1;/p-1. The molecule has 1 N–H and O–H groups in total. The Kier molecular flexibility index (Phi) is 7.05. The lowest BCUT2D eigenvalue weighted by Crippen LogP contribution is -3.00. The highest BCUT2D eigenvalue weighted by molar-refractivity contribution is 5.45. The molecule has 0 spiro atoms. The van der Waals surface area contributed by atoms with Gasteiger partial charge in [0, 0.05) is 24.4 Å². The van der Waals surface area contributed by atoms with Gasteiger partial charge in [-0.2, -0.15) is 0 Å². The van der Waals surface area contributed by atoms with E-state index in [1.54, 1.807) is 0 Å². The second kappa shape index (κ2) is 8.56. The number of para-hydroxylation sites is 1. The van der Waals surface area contributed by atoms with E-state index in [9.17, 15) is 5.11 Å². The molecule has 1 aromatic carbocycles. The van der Waals surface area contributed by atoms with Crippen molar-refractivity contribution < 1.29 is 22.1 Å². The van der Waals surface area contributed by atoms with Crippen LogP contribution in [0.2, 0.25) is 0 Å². The molecule has 1 aromatic heterocycles. The summed E-state index contributed by atoms with van der Waals surface area (Å²) in [4.78, 5) is 2.19. The Hall–Kier alpha value is -1.58. The number of anilines is 1. The van der Waals surface area contributed by atoms with E-state index in [0.717, 1.165) is 12.2 Å². The van der Waals surface area contributed by atoms with Crippen molar-refractivity contribution in [1.29, 1.82) is 0 Å². The zero-order valence-corrected chi connectivity index (χ0v) is 12.4. The lowest BCUT2D eigenvalue weighted by Gasteiger charge is -2.24. The number of aliphatic hydroxyl groups is 1. The van der Waals surface area contributed by atoms with Crippen LogP contribution in [-0.2, 0) is 6.54 Å². The highest BCUT2D eigenvalue weighted by atomic mass is 35.5. The molecule has 3 nitrogen and oxygen atoms in total. The first-order valence-corrected chi connectivity index (χ1v) is 6.71. The van der Waals surface area contributed by atoms with Crippen LogP contribution < -0.4 is 21.9 Å². The van der Waals surface area contributed by atoms with E-state index < -0.39 is 0 Å². The van der Waals surface area contributed by atoms with E-state index in [1.807, 2.05) is 53.4 Å². The van der Waals surface area contributed by atoms with Gasteiger partial charge in [-0.3, -0.25) is 0 Å². The number of benzene rings is 1. The average molecular weight is 293 g/mol. The maximum absolute atomic E-state index is 10.2. The molecule has 108 valence electrons. The Morgan fingerprint density at radius 2 is 1.65 bits per heavy atom. The number of likely N-dealkylation sites (N-methyl/N-ethyl adjacent to an activating group) is 1. The van der Waals surface area contributed by atoms with Crippen molar-refractivity contribution >= 4 is 5.69 Å². The fourth-order valence-electron chi connectivity index (χ4n) is 2.17. The molecule has 0 amide bonds. The minimum atomic E-state index is -0.382. The summed E-state index contributed by atoms with van der Waals surface area (Å²) in [6.07, 6.45) is 3.57. The van der Waals surface area contributed by atoms with Gasteiger partial charge >= 0.3 is 0 Å². The normalized spacial score (nSPS) is 11.5. The Bertz CT molecular complexity index is 478. The van der Waals surface area contributed by atoms with Gasteiger partial charge in [0.15, 0.2) is 18.9 Å². The van der Waals surface area contributed by atoms with Crippen molar-refractivity contribution in [1.82, 2.24) is 0 Å². The maximum atomic E-state index is 10.2. The van der Waals surface area contributed by atoms with Gasteiger partial charge in [-0.05, 0) is 19.1 Å². The number of nitrogens with zero attached hydrogens (tertiary/aromatic N) is 2. The Labute approximate surface area is 126 Å². The van der Waals surface area contributed by atoms with Crippen LogP contribution in [0.1, 0.15) is 6.92 Å². The molecule has 2 rings (SSSR count). The number of hydrogen-bond acceptors (Lipinski definition) is 2. The summed E-state index contributed by atoms with van der Waals surface area (Å²) >= 11 is 0. The van der Waals surface area contributed by atoms with Crippen molar-refractivity contribution in [2.45, 2.75) is 19.6 Å². The fourth-order valence-corrected chi connectivity index (χ4v) is 2.17. The molecule has 0 radical (unpaired) electrons. The maximum Gasteiger partial charge on any atom is 0.175 e. The van der Waals surface area contributed by atoms with Gasteiger partial charge in [0.25, 0.3) is 0 Å². The van der Waals surface area contributed by atoms with Crippen molar-refractivity contribution in [2.75, 3.05) is 18.0 Å². The van der Waals surface area contributed by atoms with Gasteiger partial charge in [0.1, 0.15) is 6.10 Å². The predicted molar refractivity (Wildman–Crippen MR) is 77.0 cm³/mol. The molecular formula is C16H21ClN2O. The zero-order valence-electron chi connectivity index (χ0n) is 11.7. The van der Waals surface area contributed by atoms with Crippen LogP contribution in [0.25, 0.3) is 0 Å². The van der Waals surface area contributed by atoms with E-state index in [0.29, 0.717) is 13.1 Å². The first kappa shape index (κ1) is 16.5. The largest absolute Gasteiger partial charge is 1.00 e. The van der Waals surface area contributed by atoms with Crippen LogP contribution in [0.3, 0.4) is 0 Å². The van der Waals surface area contributed by atoms with Crippen molar-refractivity contribution in [3.05, 3.63) is 60.9 Å². The Balaban J connectivity index is 0.00000200. The Morgan fingerprint density at radius 3 is 2.25 bits per heavy atom. The molecule has 0 aliphatic heterocycles. The highest BCUT2D eigenvalue weighted by Gasteiger charge is 2.14. The van der Waals surface area contributed by atoms with Gasteiger partial charge in [-0.15, -0.1) is 0 Å². The summed E-state index contributed by atoms with van der Waals surface area (Å²) < 4.78 is 2.00. The third-order valence-electron chi connectivity index (χ3n) is 3.13. The molecule has 20 heavy (non-hydrogen) atoms. The first-order chi connectivity index (χ1) is 9.29. The lowest BCUT2D eigenvalue weighted by molar-refractivity contribution is -0.703. The number of rotatable bonds is 6. The lowest BCUT2D eigenvalue weighted by atomic mass is 10.2. The van der Waals surface area contributed by atoms with E-state index in [4.69, 9.17) is 0 Å². The monoisotopic (exact) mass is 292 g/mol. The third-order valence-corrected chi connectivity index (χ3v) is 3.13. The summed E-state index contributed by atoms with van der Waals surface area (Å²) in [5, 5.41) is 10.2. The second-order valence-electron chi connectivity index (χ2n) is 4.60. The fraction of sp³-hybridized carbons (Fsp3) is 0.312. The first-order valence-electron chi connectivity index (χ1n) is 6.71. The van der Waals surface area contributed by atoms with Crippen LogP contribution in [0, 0.1) is 0 Å². The highest BCUT2D eigenvalue weighted by Crippen LogP contribution is 2.13. The van der Waals surface area contributed by atoms with E-state index in [1.165, 1.54) is 0 Å². The molecule has 1 heterocycles. The van der Waals surface area contributed by atoms with Crippen LogP contribution in [0.5, 0.6) is 0 Å². The van der Waals surface area contributed by atoms with Gasteiger partial charge in [0.2, 0.25) is 0 Å². The molecular weight excluding hydrogens is 272 g/mol. The second-order valence-corrected chi connectivity index (χ2v) is 4.60. The summed E-state index contributed by atoms with van der Waals surface area (Å²) in [5.74, 6) is 0. The molecule has 0 saturated carbocycles. The smallest absolute Gasteiger partial charge is 0.175 e. The molecule has 0 aliphatic rings. The summed E-state index contributed by atoms with van der Waals surface area (Å²) in [6.45, 7) is 4.25. The molecule has 4 heteroatoms. The minimum absolute atomic E-state index is 0. The van der Waals surface area contributed by atoms with Gasteiger partial charge in [0.05, 0.1) is 6.54 Å². The SMILES string of the molecule is CCN(CC(O)C[n+]1ccccc1)c1ccccc1.[Cl-]. The molecule has 1 unspecified atom stereocenters. The topological polar surface area (TPSA) is 27.3 Å². The van der Waals surface area contributed by atoms with E-state index in [-0.39, 0.29) is 18.5 Å². The summed E-state index contributed by atoms with van der Waals surface area (Å²) in [7, 11) is 0. The predicted octanol–water partition coefficient (Wildman–Crippen LogP) is -1.13. The molecule has 0 saturated heterocycles. The summed E-state index contributed by atoms with van der Waals surface area (Å²) in [6, 6.07) is 16.1. The van der Waals surface area contributed by atoms with Gasteiger partial charge in [-0.25, -0.2) is 4.57 Å². The number of aromatic nitrogens is 1. The van der Waals surface area contributed by atoms with Crippen LogP contribution >= 0.6 is 0 Å². The van der Waals surface area contributed by atoms with E-state index in [2.05, 4.69) is 24.0 Å². The summed E-state index contributed by atoms with van der Waals surface area (Å²) in [5.41, 5.74) is 1.15. The van der Waals surface area contributed by atoms with Crippen molar-refractivity contribution in [3.8, 4) is 0 Å². The van der Waals surface area contributed by atoms with Crippen LogP contribution in [-0.4, -0.2) is 24.3 Å². The Morgan fingerprint density at radius 1 is 1.05 bits per heavy atom. The third kappa shape index (κ3) is 4.83. The van der Waals surface area contributed by atoms with Crippen molar-refractivity contribution in [3.63, 3.8) is 0 Å². The van der Waals surface area contributed by atoms with Crippen LogP contribution in [0.15, 0.2) is 60.9 Å². The molecule has 0 aliphatic carbocycles. The number of pyridine rings is 1. The molecule has 2 aromatic rings.